The van der Waals surface area contributed by atoms with Crippen molar-refractivity contribution >= 4 is 23.2 Å². The van der Waals surface area contributed by atoms with E-state index in [9.17, 15) is 9.59 Å². The summed E-state index contributed by atoms with van der Waals surface area (Å²) in [4.78, 5) is 31.2. The van der Waals surface area contributed by atoms with Gasteiger partial charge < -0.3 is 9.80 Å². The summed E-state index contributed by atoms with van der Waals surface area (Å²) < 4.78 is 0. The first-order chi connectivity index (χ1) is 14.1. The smallest absolute Gasteiger partial charge is 0.242 e. The van der Waals surface area contributed by atoms with Crippen LogP contribution in [-0.2, 0) is 22.7 Å². The molecule has 0 bridgehead atoms. The molecule has 0 saturated heterocycles. The average Bonchev–Trinajstić information content (AvgIpc) is 3.19. The van der Waals surface area contributed by atoms with Crippen LogP contribution in [0.15, 0.2) is 47.8 Å². The lowest BCUT2D eigenvalue weighted by atomic mass is 9.84. The van der Waals surface area contributed by atoms with E-state index in [1.54, 1.807) is 11.3 Å². The lowest BCUT2D eigenvalue weighted by Gasteiger charge is -2.34. The van der Waals surface area contributed by atoms with E-state index < -0.39 is 0 Å². The van der Waals surface area contributed by atoms with Crippen LogP contribution >= 0.6 is 11.3 Å². The number of hydrogen-bond donors (Lipinski definition) is 0. The topological polar surface area (TPSA) is 40.6 Å². The van der Waals surface area contributed by atoms with Gasteiger partial charge in [-0.2, -0.15) is 0 Å². The number of rotatable bonds is 10. The van der Waals surface area contributed by atoms with Crippen molar-refractivity contribution in [2.45, 2.75) is 52.6 Å². The van der Waals surface area contributed by atoms with Gasteiger partial charge in [0.05, 0.1) is 13.1 Å². The van der Waals surface area contributed by atoms with Crippen LogP contribution in [-0.4, -0.2) is 34.7 Å². The van der Waals surface area contributed by atoms with E-state index in [2.05, 4.69) is 19.9 Å². The summed E-state index contributed by atoms with van der Waals surface area (Å²) in [5, 5.41) is 2.04. The minimum atomic E-state index is 0.0261. The number of carbonyl (C=O) groups is 2. The fourth-order valence-corrected chi connectivity index (χ4v) is 4.26. The van der Waals surface area contributed by atoms with Gasteiger partial charge >= 0.3 is 0 Å². The number of nitrogens with zero attached hydrogens (tertiary/aromatic N) is 2. The van der Waals surface area contributed by atoms with E-state index in [0.717, 1.165) is 36.1 Å². The quantitative estimate of drug-likeness (QED) is 0.554. The molecule has 1 aliphatic carbocycles. The zero-order valence-electron chi connectivity index (χ0n) is 17.5. The van der Waals surface area contributed by atoms with Gasteiger partial charge in [-0.3, -0.25) is 9.59 Å². The molecule has 0 N–H and O–H groups in total. The first-order valence-electron chi connectivity index (χ1n) is 10.7. The number of carbonyl (C=O) groups excluding carboxylic acids is 2. The van der Waals surface area contributed by atoms with E-state index in [1.165, 1.54) is 0 Å². The van der Waals surface area contributed by atoms with E-state index in [1.807, 2.05) is 51.6 Å². The second-order valence-corrected chi connectivity index (χ2v) is 9.21. The molecule has 1 saturated carbocycles. The molecule has 1 unspecified atom stereocenters. The van der Waals surface area contributed by atoms with E-state index in [0.29, 0.717) is 25.6 Å². The van der Waals surface area contributed by atoms with Crippen LogP contribution in [0.5, 0.6) is 0 Å². The monoisotopic (exact) mass is 412 g/mol. The van der Waals surface area contributed by atoms with Gasteiger partial charge in [-0.1, -0.05) is 63.1 Å². The second kappa shape index (κ2) is 10.6. The van der Waals surface area contributed by atoms with Gasteiger partial charge in [-0.25, -0.2) is 0 Å². The fourth-order valence-electron chi connectivity index (χ4n) is 3.54. The summed E-state index contributed by atoms with van der Waals surface area (Å²) in [7, 11) is 0. The summed E-state index contributed by atoms with van der Waals surface area (Å²) in [6, 6.07) is 14.2. The maximum absolute atomic E-state index is 13.3. The van der Waals surface area contributed by atoms with Crippen molar-refractivity contribution in [2.24, 2.45) is 11.8 Å². The molecule has 1 aromatic carbocycles. The molecule has 29 heavy (non-hydrogen) atoms. The van der Waals surface area contributed by atoms with E-state index in [-0.39, 0.29) is 24.3 Å². The molecule has 3 rings (SSSR count). The average molecular weight is 413 g/mol. The van der Waals surface area contributed by atoms with Gasteiger partial charge in [0.1, 0.15) is 0 Å². The van der Waals surface area contributed by atoms with Gasteiger partial charge in [0.15, 0.2) is 0 Å². The molecule has 2 amide bonds. The van der Waals surface area contributed by atoms with Gasteiger partial charge in [-0.05, 0) is 35.8 Å². The van der Waals surface area contributed by atoms with Crippen LogP contribution in [0.4, 0.5) is 0 Å². The van der Waals surface area contributed by atoms with Crippen molar-refractivity contribution in [1.82, 2.24) is 9.80 Å². The number of benzene rings is 1. The molecule has 1 heterocycles. The Bertz CT molecular complexity index is 771. The first kappa shape index (κ1) is 21.6. The van der Waals surface area contributed by atoms with Gasteiger partial charge in [-0.15, -0.1) is 11.3 Å². The molecule has 156 valence electrons. The Morgan fingerprint density at radius 1 is 1.07 bits per heavy atom. The number of amides is 2. The summed E-state index contributed by atoms with van der Waals surface area (Å²) in [5.41, 5.74) is 1.11. The van der Waals surface area contributed by atoms with Crippen molar-refractivity contribution in [1.29, 1.82) is 0 Å². The summed E-state index contributed by atoms with van der Waals surface area (Å²) in [6.07, 6.45) is 4.06. The molecular formula is C24H32N2O2S. The summed E-state index contributed by atoms with van der Waals surface area (Å²) in [5.74, 6) is 0.706. The van der Waals surface area contributed by atoms with Crippen LogP contribution in [0, 0.1) is 11.8 Å². The van der Waals surface area contributed by atoms with Crippen LogP contribution in [0.2, 0.25) is 0 Å². The Morgan fingerprint density at radius 3 is 2.41 bits per heavy atom. The normalized spacial score (nSPS) is 14.8. The fraction of sp³-hybridized carbons (Fsp3) is 0.500. The number of thiophene rings is 1. The van der Waals surface area contributed by atoms with E-state index >= 15 is 0 Å². The summed E-state index contributed by atoms with van der Waals surface area (Å²) in [6.45, 7) is 6.27. The van der Waals surface area contributed by atoms with Crippen molar-refractivity contribution < 1.29 is 9.59 Å². The number of hydrogen-bond acceptors (Lipinski definition) is 3. The molecule has 0 spiro atoms. The lowest BCUT2D eigenvalue weighted by molar-refractivity contribution is -0.145. The summed E-state index contributed by atoms with van der Waals surface area (Å²) >= 11 is 1.66. The maximum atomic E-state index is 13.3. The Balaban J connectivity index is 1.73. The molecule has 0 aliphatic heterocycles. The van der Waals surface area contributed by atoms with E-state index in [4.69, 9.17) is 0 Å². The Morgan fingerprint density at radius 2 is 1.83 bits per heavy atom. The predicted octanol–water partition coefficient (Wildman–Crippen LogP) is 4.95. The minimum absolute atomic E-state index is 0.0261. The standard InChI is InChI=1S/C24H32N2O2S/c1-3-19(2)15-26(24(28)21-11-7-12-21)18-23(27)25(17-22-13-8-14-29-22)16-20-9-5-4-6-10-20/h4-6,8-10,13-14,19,21H,3,7,11-12,15-18H2,1-2H3. The molecule has 0 radical (unpaired) electrons. The van der Waals surface area contributed by atoms with Crippen molar-refractivity contribution in [3.8, 4) is 0 Å². The first-order valence-corrected chi connectivity index (χ1v) is 11.6. The highest BCUT2D eigenvalue weighted by Gasteiger charge is 2.31. The molecule has 1 fully saturated rings. The molecular weight excluding hydrogens is 380 g/mol. The largest absolute Gasteiger partial charge is 0.333 e. The molecule has 4 nitrogen and oxygen atoms in total. The highest BCUT2D eigenvalue weighted by Crippen LogP contribution is 2.29. The molecule has 2 aromatic rings. The highest BCUT2D eigenvalue weighted by atomic mass is 32.1. The second-order valence-electron chi connectivity index (χ2n) is 8.17. The van der Waals surface area contributed by atoms with Crippen LogP contribution in [0.25, 0.3) is 0 Å². The Kier molecular flexibility index (Phi) is 7.87. The predicted molar refractivity (Wildman–Crippen MR) is 118 cm³/mol. The van der Waals surface area contributed by atoms with Crippen molar-refractivity contribution in [2.75, 3.05) is 13.1 Å². The van der Waals surface area contributed by atoms with Crippen molar-refractivity contribution in [3.63, 3.8) is 0 Å². The zero-order valence-corrected chi connectivity index (χ0v) is 18.4. The molecule has 1 atom stereocenters. The van der Waals surface area contributed by atoms with Crippen molar-refractivity contribution in [3.05, 3.63) is 58.3 Å². The van der Waals surface area contributed by atoms with Crippen LogP contribution in [0.3, 0.4) is 0 Å². The van der Waals surface area contributed by atoms with Gasteiger partial charge in [0.25, 0.3) is 0 Å². The molecule has 1 aromatic heterocycles. The lowest BCUT2D eigenvalue weighted by Crippen LogP contribution is -2.47. The van der Waals surface area contributed by atoms with Crippen LogP contribution < -0.4 is 0 Å². The third-order valence-electron chi connectivity index (χ3n) is 5.82. The third kappa shape index (κ3) is 6.17. The SMILES string of the molecule is CCC(C)CN(CC(=O)N(Cc1ccccc1)Cc1cccs1)C(=O)C1CCC1. The maximum Gasteiger partial charge on any atom is 0.242 e. The highest BCUT2D eigenvalue weighted by molar-refractivity contribution is 7.09. The van der Waals surface area contributed by atoms with Gasteiger partial charge in [0, 0.05) is 23.9 Å². The third-order valence-corrected chi connectivity index (χ3v) is 6.68. The zero-order chi connectivity index (χ0) is 20.6. The molecule has 5 heteroatoms. The Labute approximate surface area is 178 Å². The minimum Gasteiger partial charge on any atom is -0.333 e. The van der Waals surface area contributed by atoms with Crippen LogP contribution in [0.1, 0.15) is 50.0 Å². The molecule has 1 aliphatic rings. The Hall–Kier alpha value is -2.14. The van der Waals surface area contributed by atoms with Gasteiger partial charge in [0.2, 0.25) is 11.8 Å².